The van der Waals surface area contributed by atoms with Crippen molar-refractivity contribution in [3.05, 3.63) is 48.9 Å². The van der Waals surface area contributed by atoms with E-state index in [2.05, 4.69) is 25.9 Å². The fourth-order valence-electron chi connectivity index (χ4n) is 1.20. The molecule has 92 valence electrons. The number of ether oxygens (including phenoxy) is 1. The van der Waals surface area contributed by atoms with Crippen molar-refractivity contribution in [3.8, 4) is 11.6 Å². The average molecular weight is 422 g/mol. The Morgan fingerprint density at radius 1 is 1.44 bits per heavy atom. The van der Waals surface area contributed by atoms with Crippen LogP contribution in [0.5, 0.6) is 11.6 Å². The Morgan fingerprint density at radius 3 is 2.89 bits per heavy atom. The molecule has 2 rings (SSSR count). The van der Waals surface area contributed by atoms with Crippen molar-refractivity contribution in [1.82, 2.24) is 9.97 Å². The molecule has 18 heavy (non-hydrogen) atoms. The molecule has 0 unspecified atom stereocenters. The molecule has 1 aromatic heterocycles. The van der Waals surface area contributed by atoms with E-state index < -0.39 is 4.92 Å². The minimum Gasteiger partial charge on any atom is -0.436 e. The zero-order valence-corrected chi connectivity index (χ0v) is 12.5. The first-order chi connectivity index (χ1) is 8.59. The molecule has 0 amide bonds. The number of hydrogen-bond acceptors (Lipinski definition) is 5. The van der Waals surface area contributed by atoms with Crippen molar-refractivity contribution in [1.29, 1.82) is 0 Å². The summed E-state index contributed by atoms with van der Waals surface area (Å²) >= 11 is 5.17. The van der Waals surface area contributed by atoms with E-state index in [1.165, 1.54) is 12.4 Å². The smallest absolute Gasteiger partial charge is 0.287 e. The monoisotopic (exact) mass is 421 g/mol. The van der Waals surface area contributed by atoms with Gasteiger partial charge in [-0.15, -0.1) is 0 Å². The number of nitrogens with zero attached hydrogens (tertiary/aromatic N) is 3. The summed E-state index contributed by atoms with van der Waals surface area (Å²) in [6, 6.07) is 4.56. The summed E-state index contributed by atoms with van der Waals surface area (Å²) in [5.41, 5.74) is -0.0587. The number of rotatable bonds is 3. The molecule has 0 aliphatic heterocycles. The lowest BCUT2D eigenvalue weighted by Gasteiger charge is -2.07. The van der Waals surface area contributed by atoms with Gasteiger partial charge in [0, 0.05) is 12.3 Å². The first kappa shape index (κ1) is 13.1. The van der Waals surface area contributed by atoms with Crippen LogP contribution in [0.1, 0.15) is 0 Å². The van der Waals surface area contributed by atoms with Gasteiger partial charge < -0.3 is 4.74 Å². The van der Waals surface area contributed by atoms with Gasteiger partial charge in [-0.25, -0.2) is 9.97 Å². The highest BCUT2D eigenvalue weighted by Crippen LogP contribution is 2.36. The number of hydrogen-bond donors (Lipinski definition) is 0. The number of nitro groups is 1. The molecule has 0 saturated heterocycles. The van der Waals surface area contributed by atoms with Gasteiger partial charge in [0.05, 0.1) is 8.49 Å². The molecule has 0 spiro atoms. The van der Waals surface area contributed by atoms with Crippen LogP contribution in [0.15, 0.2) is 35.2 Å². The summed E-state index contributed by atoms with van der Waals surface area (Å²) in [5.74, 6) is 0.688. The van der Waals surface area contributed by atoms with E-state index in [0.717, 1.165) is 0 Å². The molecule has 2 aromatic rings. The number of benzene rings is 1. The van der Waals surface area contributed by atoms with Crippen LogP contribution in [0.3, 0.4) is 0 Å². The molecule has 8 heteroatoms. The van der Waals surface area contributed by atoms with Crippen LogP contribution in [-0.2, 0) is 0 Å². The normalized spacial score (nSPS) is 10.1. The lowest BCUT2D eigenvalue weighted by molar-refractivity contribution is -0.385. The lowest BCUT2D eigenvalue weighted by Crippen LogP contribution is -1.95. The highest BCUT2D eigenvalue weighted by Gasteiger charge is 2.17. The highest BCUT2D eigenvalue weighted by molar-refractivity contribution is 14.1. The van der Waals surface area contributed by atoms with Crippen LogP contribution in [0.25, 0.3) is 0 Å². The first-order valence-electron chi connectivity index (χ1n) is 4.66. The predicted octanol–water partition coefficient (Wildman–Crippen LogP) is 3.54. The molecule has 1 heterocycles. The van der Waals surface area contributed by atoms with Crippen LogP contribution >= 0.6 is 38.5 Å². The maximum absolute atomic E-state index is 10.8. The van der Waals surface area contributed by atoms with E-state index in [-0.39, 0.29) is 10.2 Å². The van der Waals surface area contributed by atoms with E-state index in [9.17, 15) is 10.1 Å². The molecule has 0 bridgehead atoms. The van der Waals surface area contributed by atoms with Crippen LogP contribution in [-0.4, -0.2) is 14.9 Å². The standard InChI is InChI=1S/C10H5BrIN3O3/c11-9-7(15(16)17)2-1-3-8(9)18-10-6(12)4-13-5-14-10/h1-5H. The van der Waals surface area contributed by atoms with Crippen molar-refractivity contribution in [3.63, 3.8) is 0 Å². The first-order valence-corrected chi connectivity index (χ1v) is 6.53. The molecule has 6 nitrogen and oxygen atoms in total. The summed E-state index contributed by atoms with van der Waals surface area (Å²) in [6.07, 6.45) is 2.94. The maximum atomic E-state index is 10.8. The molecule has 0 saturated carbocycles. The SMILES string of the molecule is O=[N+]([O-])c1cccc(Oc2ncncc2I)c1Br. The Balaban J connectivity index is 2.39. The van der Waals surface area contributed by atoms with E-state index in [4.69, 9.17) is 4.74 Å². The van der Waals surface area contributed by atoms with Gasteiger partial charge in [-0.2, -0.15) is 0 Å². The van der Waals surface area contributed by atoms with Gasteiger partial charge in [-0.1, -0.05) is 6.07 Å². The lowest BCUT2D eigenvalue weighted by atomic mass is 10.3. The Kier molecular flexibility index (Phi) is 4.07. The van der Waals surface area contributed by atoms with Gasteiger partial charge in [-0.3, -0.25) is 10.1 Å². The van der Waals surface area contributed by atoms with Crippen molar-refractivity contribution < 1.29 is 9.66 Å². The van der Waals surface area contributed by atoms with Gasteiger partial charge in [0.2, 0.25) is 5.88 Å². The summed E-state index contributed by atoms with van der Waals surface area (Å²) < 4.78 is 6.52. The Morgan fingerprint density at radius 2 is 2.22 bits per heavy atom. The van der Waals surface area contributed by atoms with Crippen LogP contribution < -0.4 is 4.74 Å². The second-order valence-corrected chi connectivity index (χ2v) is 5.08. The maximum Gasteiger partial charge on any atom is 0.287 e. The summed E-state index contributed by atoms with van der Waals surface area (Å²) in [7, 11) is 0. The van der Waals surface area contributed by atoms with Gasteiger partial charge in [-0.05, 0) is 44.6 Å². The molecular formula is C10H5BrIN3O3. The van der Waals surface area contributed by atoms with Gasteiger partial charge in [0.25, 0.3) is 5.69 Å². The number of aromatic nitrogens is 2. The van der Waals surface area contributed by atoms with Crippen molar-refractivity contribution >= 4 is 44.2 Å². The Bertz CT molecular complexity index is 609. The fourth-order valence-corrected chi connectivity index (χ4v) is 2.10. The third-order valence-corrected chi connectivity index (χ3v) is 3.52. The molecule has 0 fully saturated rings. The zero-order chi connectivity index (χ0) is 13.1. The molecule has 0 N–H and O–H groups in total. The molecule has 1 aromatic carbocycles. The van der Waals surface area contributed by atoms with Gasteiger partial charge >= 0.3 is 0 Å². The van der Waals surface area contributed by atoms with E-state index in [1.807, 2.05) is 22.6 Å². The van der Waals surface area contributed by atoms with Gasteiger partial charge in [0.15, 0.2) is 5.75 Å². The van der Waals surface area contributed by atoms with Crippen molar-refractivity contribution in [2.45, 2.75) is 0 Å². The summed E-state index contributed by atoms with van der Waals surface area (Å²) in [5, 5.41) is 10.8. The minimum atomic E-state index is -0.484. The minimum absolute atomic E-state index is 0.0587. The van der Waals surface area contributed by atoms with Crippen LogP contribution in [0.4, 0.5) is 5.69 Å². The largest absolute Gasteiger partial charge is 0.436 e. The molecule has 0 radical (unpaired) electrons. The van der Waals surface area contributed by atoms with Gasteiger partial charge in [0.1, 0.15) is 10.8 Å². The quantitative estimate of drug-likeness (QED) is 0.430. The Labute approximate surface area is 124 Å². The number of nitro benzene ring substituents is 1. The second kappa shape index (κ2) is 5.57. The third kappa shape index (κ3) is 2.75. The topological polar surface area (TPSA) is 78.2 Å². The van der Waals surface area contributed by atoms with Crippen LogP contribution in [0, 0.1) is 13.7 Å². The van der Waals surface area contributed by atoms with E-state index in [1.54, 1.807) is 18.3 Å². The Hall–Kier alpha value is -1.29. The van der Waals surface area contributed by atoms with E-state index in [0.29, 0.717) is 15.2 Å². The summed E-state index contributed by atoms with van der Waals surface area (Å²) in [4.78, 5) is 18.1. The summed E-state index contributed by atoms with van der Waals surface area (Å²) in [6.45, 7) is 0. The third-order valence-electron chi connectivity index (χ3n) is 1.98. The average Bonchev–Trinajstić information content (AvgIpc) is 2.34. The van der Waals surface area contributed by atoms with Crippen molar-refractivity contribution in [2.24, 2.45) is 0 Å². The fraction of sp³-hybridized carbons (Fsp3) is 0. The molecular weight excluding hydrogens is 417 g/mol. The number of halogens is 2. The zero-order valence-electron chi connectivity index (χ0n) is 8.71. The highest BCUT2D eigenvalue weighted by atomic mass is 127. The van der Waals surface area contributed by atoms with Crippen LogP contribution in [0.2, 0.25) is 0 Å². The molecule has 0 aliphatic carbocycles. The predicted molar refractivity (Wildman–Crippen MR) is 75.6 cm³/mol. The second-order valence-electron chi connectivity index (χ2n) is 3.12. The molecule has 0 aliphatic rings. The van der Waals surface area contributed by atoms with E-state index >= 15 is 0 Å². The molecule has 0 atom stereocenters. The van der Waals surface area contributed by atoms with Crippen molar-refractivity contribution in [2.75, 3.05) is 0 Å².